The number of nitrogens with zero attached hydrogens (tertiary/aromatic N) is 1. The Morgan fingerprint density at radius 3 is 1.31 bits per heavy atom. The molecule has 9 amide bonds. The lowest BCUT2D eigenvalue weighted by atomic mass is 9.98. The van der Waals surface area contributed by atoms with Gasteiger partial charge in [-0.2, -0.15) is 0 Å². The maximum Gasteiger partial charge on any atom is 0.303 e. The van der Waals surface area contributed by atoms with Gasteiger partial charge in [-0.05, 0) is 114 Å². The Labute approximate surface area is 421 Å². The Bertz CT molecular complexity index is 1880. The summed E-state index contributed by atoms with van der Waals surface area (Å²) in [5, 5.41) is 40.5. The number of nitrogens with one attached hydrogen (secondary N) is 8. The van der Waals surface area contributed by atoms with Gasteiger partial charge in [-0.3, -0.25) is 52.7 Å². The minimum atomic E-state index is -1.53. The average molecular weight is 1020 g/mol. The molecule has 72 heavy (non-hydrogen) atoms. The van der Waals surface area contributed by atoms with Crippen molar-refractivity contribution in [3.05, 3.63) is 0 Å². The molecule has 0 aromatic rings. The Hall–Kier alpha value is -5.95. The lowest BCUT2D eigenvalue weighted by Crippen LogP contribution is -2.62. The zero-order valence-corrected chi connectivity index (χ0v) is 42.7. The van der Waals surface area contributed by atoms with Crippen molar-refractivity contribution in [3.8, 4) is 0 Å². The third kappa shape index (κ3) is 20.6. The number of carboxylic acids is 2. The second kappa shape index (κ2) is 31.5. The summed E-state index contributed by atoms with van der Waals surface area (Å²) in [5.74, 6) is -11.1. The zero-order valence-electron chi connectivity index (χ0n) is 42.7. The van der Waals surface area contributed by atoms with Crippen LogP contribution in [0.25, 0.3) is 0 Å². The molecule has 0 unspecified atom stereocenters. The molecule has 0 radical (unpaired) electrons. The van der Waals surface area contributed by atoms with E-state index in [1.807, 2.05) is 0 Å². The zero-order chi connectivity index (χ0) is 54.2. The lowest BCUT2D eigenvalue weighted by molar-refractivity contribution is -0.143. The normalized spacial score (nSPS) is 18.5. The number of carbonyl (C=O) groups excluding carboxylic acids is 9. The van der Waals surface area contributed by atoms with Gasteiger partial charge in [-0.15, -0.1) is 0 Å². The van der Waals surface area contributed by atoms with Crippen LogP contribution in [0.15, 0.2) is 0 Å². The minimum Gasteiger partial charge on any atom is -0.481 e. The highest BCUT2D eigenvalue weighted by Crippen LogP contribution is 2.20. The first-order chi connectivity index (χ1) is 33.9. The summed E-state index contributed by atoms with van der Waals surface area (Å²) >= 11 is 0. The maximum absolute atomic E-state index is 14.1. The van der Waals surface area contributed by atoms with Gasteiger partial charge in [0.1, 0.15) is 48.3 Å². The summed E-state index contributed by atoms with van der Waals surface area (Å²) in [4.78, 5) is 147. The molecule has 16 N–H and O–H groups in total. The van der Waals surface area contributed by atoms with Crippen LogP contribution in [0, 0.1) is 17.8 Å². The molecule has 2 heterocycles. The van der Waals surface area contributed by atoms with Crippen molar-refractivity contribution in [1.82, 2.24) is 47.4 Å². The lowest BCUT2D eigenvalue weighted by Gasteiger charge is -2.31. The van der Waals surface area contributed by atoms with E-state index in [1.165, 1.54) is 4.90 Å². The number of hydrogen-bond donors (Lipinski definition) is 13. The van der Waals surface area contributed by atoms with Crippen LogP contribution in [0.5, 0.6) is 0 Å². The van der Waals surface area contributed by atoms with Gasteiger partial charge in [0, 0.05) is 19.4 Å². The molecule has 0 spiro atoms. The summed E-state index contributed by atoms with van der Waals surface area (Å²) < 4.78 is 0. The van der Waals surface area contributed by atoms with Crippen LogP contribution >= 0.6 is 0 Å². The van der Waals surface area contributed by atoms with Gasteiger partial charge in [0.25, 0.3) is 0 Å². The van der Waals surface area contributed by atoms with Crippen molar-refractivity contribution in [2.24, 2.45) is 35.0 Å². The van der Waals surface area contributed by atoms with Crippen molar-refractivity contribution in [2.75, 3.05) is 26.2 Å². The molecule has 0 bridgehead atoms. The van der Waals surface area contributed by atoms with Crippen molar-refractivity contribution in [3.63, 3.8) is 0 Å². The van der Waals surface area contributed by atoms with Crippen LogP contribution in [0.2, 0.25) is 0 Å². The molecular formula is C47H82N12O13. The van der Waals surface area contributed by atoms with Crippen LogP contribution in [-0.4, -0.2) is 161 Å². The Balaban J connectivity index is 2.33. The first-order valence-corrected chi connectivity index (χ1v) is 25.2. The molecule has 2 rings (SSSR count). The van der Waals surface area contributed by atoms with Gasteiger partial charge in [0.2, 0.25) is 53.2 Å². The summed E-state index contributed by atoms with van der Waals surface area (Å²) in [6.07, 6.45) is 2.44. The highest BCUT2D eigenvalue weighted by molar-refractivity contribution is 5.98. The standard InChI is InChI=1S/C47H82N12O13/c1-25(2)36(58-43(68)31(17-19-34(60)61)54-45(70)37(26(3)4)56-41(66)29(13-7-9-21-48)52-40(65)28-15-11-23-51-28)44(69)53-30(14-8-10-22-49)42(67)57-38(27(5)6)46(71)55-32(18-20-35(62)63)47(72)59-24-12-16-33(59)39(50)64/h25-33,36-38,51H,7-24,48-49H2,1-6H3,(H2,50,64)(H,52,65)(H,53,69)(H,54,70)(H,55,71)(H,56,66)(H,57,67)(H,58,68)(H,60,61)(H,62,63)/t28-,29-,30-,31-,32-,33-,36-,37-,38-/m0/s1. The van der Waals surface area contributed by atoms with Gasteiger partial charge in [0.15, 0.2) is 0 Å². The Morgan fingerprint density at radius 1 is 0.528 bits per heavy atom. The van der Waals surface area contributed by atoms with E-state index in [9.17, 15) is 63.0 Å². The Morgan fingerprint density at radius 2 is 0.931 bits per heavy atom. The van der Waals surface area contributed by atoms with E-state index in [2.05, 4.69) is 42.5 Å². The van der Waals surface area contributed by atoms with Gasteiger partial charge in [-0.1, -0.05) is 41.5 Å². The molecule has 9 atom stereocenters. The molecular weight excluding hydrogens is 941 g/mol. The highest BCUT2D eigenvalue weighted by atomic mass is 16.4. The minimum absolute atomic E-state index is 0.0256. The van der Waals surface area contributed by atoms with Gasteiger partial charge >= 0.3 is 11.9 Å². The fourth-order valence-electron chi connectivity index (χ4n) is 8.44. The van der Waals surface area contributed by atoms with Crippen LogP contribution in [0.1, 0.15) is 131 Å². The third-order valence-electron chi connectivity index (χ3n) is 12.7. The quantitative estimate of drug-likeness (QED) is 0.0304. The SMILES string of the molecule is CC(C)[C@H](NC(=O)[C@H](CCCCN)NC(=O)[C@@H]1CCCN1)C(=O)N[C@@H](CCC(=O)O)C(=O)N[C@H](C(=O)N[C@@H](CCCCN)C(=O)N[C@H](C(=O)N[C@@H](CCC(=O)O)C(=O)N1CCC[C@H]1C(N)=O)C(C)C)C(C)C. The molecule has 408 valence electrons. The van der Waals surface area contributed by atoms with Crippen LogP contribution in [-0.2, 0) is 52.7 Å². The molecule has 2 aliphatic rings. The van der Waals surface area contributed by atoms with E-state index in [0.29, 0.717) is 58.0 Å². The molecule has 2 fully saturated rings. The fourth-order valence-corrected chi connectivity index (χ4v) is 8.44. The number of rotatable bonds is 33. The number of hydrogen-bond acceptors (Lipinski definition) is 14. The first kappa shape index (κ1) is 62.2. The topological polar surface area (TPSA) is 406 Å². The second-order valence-corrected chi connectivity index (χ2v) is 19.6. The number of carboxylic acid groups (broad SMARTS) is 2. The molecule has 0 aromatic heterocycles. The molecule has 2 saturated heterocycles. The first-order valence-electron chi connectivity index (χ1n) is 25.2. The molecule has 25 nitrogen and oxygen atoms in total. The van der Waals surface area contributed by atoms with Crippen LogP contribution in [0.4, 0.5) is 0 Å². The summed E-state index contributed by atoms with van der Waals surface area (Å²) in [6, 6.07) is -10.6. The van der Waals surface area contributed by atoms with Gasteiger partial charge < -0.3 is 74.8 Å². The number of primary amides is 1. The summed E-state index contributed by atoms with van der Waals surface area (Å²) in [5.41, 5.74) is 16.9. The molecule has 0 aliphatic carbocycles. The summed E-state index contributed by atoms with van der Waals surface area (Å²) in [7, 11) is 0. The maximum atomic E-state index is 14.1. The molecule has 25 heteroatoms. The predicted octanol–water partition coefficient (Wildman–Crippen LogP) is -2.44. The van der Waals surface area contributed by atoms with E-state index in [1.54, 1.807) is 41.5 Å². The van der Waals surface area contributed by atoms with Gasteiger partial charge in [0.05, 0.1) is 6.04 Å². The number of likely N-dealkylation sites (tertiary alicyclic amines) is 1. The number of carbonyl (C=O) groups is 11. The van der Waals surface area contributed by atoms with E-state index in [4.69, 9.17) is 17.2 Å². The highest BCUT2D eigenvalue weighted by Gasteiger charge is 2.40. The number of nitrogens with two attached hydrogens (primary N) is 3. The predicted molar refractivity (Wildman–Crippen MR) is 263 cm³/mol. The molecule has 2 aliphatic heterocycles. The molecule has 0 aromatic carbocycles. The largest absolute Gasteiger partial charge is 0.481 e. The van der Waals surface area contributed by atoms with Crippen molar-refractivity contribution in [1.29, 1.82) is 0 Å². The monoisotopic (exact) mass is 1020 g/mol. The number of amides is 9. The molecule has 0 saturated carbocycles. The van der Waals surface area contributed by atoms with Gasteiger partial charge in [-0.25, -0.2) is 0 Å². The van der Waals surface area contributed by atoms with E-state index >= 15 is 0 Å². The van der Waals surface area contributed by atoms with Crippen molar-refractivity contribution < 1.29 is 63.0 Å². The van der Waals surface area contributed by atoms with Crippen LogP contribution < -0.4 is 59.7 Å². The average Bonchev–Trinajstić information content (AvgIpc) is 4.04. The Kier molecular flexibility index (Phi) is 27.2. The third-order valence-corrected chi connectivity index (χ3v) is 12.7. The fraction of sp³-hybridized carbons (Fsp3) is 0.766. The van der Waals surface area contributed by atoms with E-state index < -0.39 is 151 Å². The number of aliphatic carboxylic acids is 2. The second-order valence-electron chi connectivity index (χ2n) is 19.6. The van der Waals surface area contributed by atoms with Crippen molar-refractivity contribution >= 4 is 65.1 Å². The van der Waals surface area contributed by atoms with Crippen molar-refractivity contribution in [2.45, 2.75) is 186 Å². The summed E-state index contributed by atoms with van der Waals surface area (Å²) in [6.45, 7) is 11.1. The smallest absolute Gasteiger partial charge is 0.303 e. The van der Waals surface area contributed by atoms with E-state index in [0.717, 1.165) is 6.42 Å². The van der Waals surface area contributed by atoms with E-state index in [-0.39, 0.29) is 38.3 Å². The number of unbranched alkanes of at least 4 members (excludes halogenated alkanes) is 2. The van der Waals surface area contributed by atoms with Crippen LogP contribution in [0.3, 0.4) is 0 Å².